The van der Waals surface area contributed by atoms with Gasteiger partial charge in [-0.25, -0.2) is 4.79 Å². The summed E-state index contributed by atoms with van der Waals surface area (Å²) in [7, 11) is 0. The summed E-state index contributed by atoms with van der Waals surface area (Å²) in [6, 6.07) is 13.5. The molecule has 0 radical (unpaired) electrons. The molecule has 118 valence electrons. The second-order valence-corrected chi connectivity index (χ2v) is 5.57. The second-order valence-electron chi connectivity index (χ2n) is 5.57. The van der Waals surface area contributed by atoms with Crippen molar-refractivity contribution in [1.29, 1.82) is 0 Å². The Bertz CT molecular complexity index is 739. The van der Waals surface area contributed by atoms with E-state index in [2.05, 4.69) is 0 Å². The molecule has 0 saturated heterocycles. The van der Waals surface area contributed by atoms with Gasteiger partial charge in [-0.3, -0.25) is 4.79 Å². The van der Waals surface area contributed by atoms with Gasteiger partial charge in [0.1, 0.15) is 5.75 Å². The van der Waals surface area contributed by atoms with Crippen molar-refractivity contribution in [2.75, 3.05) is 11.5 Å². The molecule has 0 aliphatic carbocycles. The van der Waals surface area contributed by atoms with E-state index in [1.54, 1.807) is 4.90 Å². The van der Waals surface area contributed by atoms with Gasteiger partial charge in [0.15, 0.2) is 6.61 Å². The van der Waals surface area contributed by atoms with Crippen molar-refractivity contribution in [3.8, 4) is 5.75 Å². The molecule has 2 aromatic carbocycles. The molecule has 1 heterocycles. The monoisotopic (exact) mass is 311 g/mol. The summed E-state index contributed by atoms with van der Waals surface area (Å²) in [4.78, 5) is 26.0. The molecule has 5 nitrogen and oxygen atoms in total. The van der Waals surface area contributed by atoms with Gasteiger partial charge in [-0.15, -0.1) is 0 Å². The molecule has 0 saturated carbocycles. The zero-order chi connectivity index (χ0) is 16.4. The van der Waals surface area contributed by atoms with E-state index < -0.39 is 5.97 Å². The first kappa shape index (κ1) is 15.1. The number of carbonyl (C=O) groups is 2. The van der Waals surface area contributed by atoms with Crippen LogP contribution in [0.25, 0.3) is 0 Å². The molecular weight excluding hydrogens is 294 g/mol. The number of nitrogens with zero attached hydrogens (tertiary/aromatic N) is 1. The Hall–Kier alpha value is -2.82. The number of hydrogen-bond acceptors (Lipinski definition) is 4. The number of phenols is 1. The van der Waals surface area contributed by atoms with Crippen molar-refractivity contribution in [3.05, 3.63) is 59.7 Å². The van der Waals surface area contributed by atoms with Gasteiger partial charge in [-0.2, -0.15) is 0 Å². The highest BCUT2D eigenvalue weighted by Crippen LogP contribution is 2.31. The number of rotatable bonds is 3. The number of anilines is 1. The Morgan fingerprint density at radius 1 is 1.17 bits per heavy atom. The molecule has 0 aromatic heterocycles. The SMILES string of the molecule is C[C@@H]1Cc2ccccc2N1C(=O)COC(=O)c1ccc(O)cc1. The highest BCUT2D eigenvalue weighted by molar-refractivity contribution is 5.99. The minimum Gasteiger partial charge on any atom is -0.508 e. The van der Waals surface area contributed by atoms with Crippen LogP contribution in [0.3, 0.4) is 0 Å². The van der Waals surface area contributed by atoms with Crippen molar-refractivity contribution < 1.29 is 19.4 Å². The quantitative estimate of drug-likeness (QED) is 0.885. The number of hydrogen-bond donors (Lipinski definition) is 1. The third-order valence-electron chi connectivity index (χ3n) is 3.91. The summed E-state index contributed by atoms with van der Waals surface area (Å²) in [6.07, 6.45) is 0.799. The van der Waals surface area contributed by atoms with E-state index in [1.165, 1.54) is 24.3 Å². The molecular formula is C18H17NO4. The molecule has 1 N–H and O–H groups in total. The number of esters is 1. The molecule has 1 aliphatic heterocycles. The van der Waals surface area contributed by atoms with Crippen molar-refractivity contribution >= 4 is 17.6 Å². The van der Waals surface area contributed by atoms with Gasteiger partial charge in [0.25, 0.3) is 5.91 Å². The number of carbonyl (C=O) groups excluding carboxylic acids is 2. The molecule has 0 spiro atoms. The van der Waals surface area contributed by atoms with E-state index in [0.29, 0.717) is 5.56 Å². The van der Waals surface area contributed by atoms with Gasteiger partial charge >= 0.3 is 5.97 Å². The summed E-state index contributed by atoms with van der Waals surface area (Å²) >= 11 is 0. The van der Waals surface area contributed by atoms with Gasteiger partial charge in [-0.05, 0) is 49.2 Å². The lowest BCUT2D eigenvalue weighted by Crippen LogP contribution is -2.38. The van der Waals surface area contributed by atoms with E-state index in [9.17, 15) is 14.7 Å². The molecule has 5 heteroatoms. The summed E-state index contributed by atoms with van der Waals surface area (Å²) in [6.45, 7) is 1.66. The first-order valence-corrected chi connectivity index (χ1v) is 7.42. The molecule has 1 atom stereocenters. The number of ether oxygens (including phenoxy) is 1. The van der Waals surface area contributed by atoms with Crippen LogP contribution in [0.15, 0.2) is 48.5 Å². The number of fused-ring (bicyclic) bond motifs is 1. The summed E-state index contributed by atoms with van der Waals surface area (Å²) in [5.41, 5.74) is 2.30. The standard InChI is InChI=1S/C18H17NO4/c1-12-10-14-4-2-3-5-16(14)19(12)17(21)11-23-18(22)13-6-8-15(20)9-7-13/h2-9,12,20H,10-11H2,1H3/t12-/m1/s1. The smallest absolute Gasteiger partial charge is 0.338 e. The zero-order valence-electron chi connectivity index (χ0n) is 12.7. The van der Waals surface area contributed by atoms with Crippen LogP contribution in [0.1, 0.15) is 22.8 Å². The minimum absolute atomic E-state index is 0.0484. The predicted molar refractivity (Wildman–Crippen MR) is 85.5 cm³/mol. The van der Waals surface area contributed by atoms with Crippen LogP contribution in [0.2, 0.25) is 0 Å². The van der Waals surface area contributed by atoms with Gasteiger partial charge in [0, 0.05) is 11.7 Å². The van der Waals surface area contributed by atoms with E-state index in [1.807, 2.05) is 31.2 Å². The maximum Gasteiger partial charge on any atom is 0.338 e. The molecule has 0 bridgehead atoms. The fourth-order valence-electron chi connectivity index (χ4n) is 2.82. The normalized spacial score (nSPS) is 16.0. The van der Waals surface area contributed by atoms with Crippen LogP contribution in [0.4, 0.5) is 5.69 Å². The largest absolute Gasteiger partial charge is 0.508 e. The van der Waals surface area contributed by atoms with E-state index in [-0.39, 0.29) is 24.3 Å². The maximum absolute atomic E-state index is 12.4. The first-order chi connectivity index (χ1) is 11.1. The fourth-order valence-corrected chi connectivity index (χ4v) is 2.82. The highest BCUT2D eigenvalue weighted by atomic mass is 16.5. The molecule has 23 heavy (non-hydrogen) atoms. The first-order valence-electron chi connectivity index (χ1n) is 7.42. The second kappa shape index (κ2) is 6.12. The maximum atomic E-state index is 12.4. The van der Waals surface area contributed by atoms with Crippen LogP contribution in [0, 0.1) is 0 Å². The average molecular weight is 311 g/mol. The van der Waals surface area contributed by atoms with Crippen molar-refractivity contribution in [1.82, 2.24) is 0 Å². The summed E-state index contributed by atoms with van der Waals surface area (Å²) in [5.74, 6) is -0.756. The Kier molecular flexibility index (Phi) is 4.02. The van der Waals surface area contributed by atoms with E-state index >= 15 is 0 Å². The van der Waals surface area contributed by atoms with Crippen LogP contribution >= 0.6 is 0 Å². The number of benzene rings is 2. The third kappa shape index (κ3) is 3.04. The van der Waals surface area contributed by atoms with Crippen molar-refractivity contribution in [2.24, 2.45) is 0 Å². The fraction of sp³-hybridized carbons (Fsp3) is 0.222. The van der Waals surface area contributed by atoms with E-state index in [0.717, 1.165) is 17.7 Å². The van der Waals surface area contributed by atoms with Crippen LogP contribution < -0.4 is 4.90 Å². The Labute approximate surface area is 134 Å². The number of amides is 1. The van der Waals surface area contributed by atoms with Crippen LogP contribution in [-0.4, -0.2) is 29.6 Å². The van der Waals surface area contributed by atoms with Gasteiger partial charge in [0.05, 0.1) is 5.56 Å². The van der Waals surface area contributed by atoms with Crippen LogP contribution in [-0.2, 0) is 16.0 Å². The molecule has 1 amide bonds. The topological polar surface area (TPSA) is 66.8 Å². The minimum atomic E-state index is -0.585. The number of aromatic hydroxyl groups is 1. The lowest BCUT2D eigenvalue weighted by Gasteiger charge is -2.22. The zero-order valence-corrected chi connectivity index (χ0v) is 12.7. The third-order valence-corrected chi connectivity index (χ3v) is 3.91. The summed E-state index contributed by atoms with van der Waals surface area (Å²) in [5, 5.41) is 9.21. The summed E-state index contributed by atoms with van der Waals surface area (Å²) < 4.78 is 5.09. The molecule has 1 aliphatic rings. The Balaban J connectivity index is 1.66. The molecule has 0 fully saturated rings. The van der Waals surface area contributed by atoms with Crippen LogP contribution in [0.5, 0.6) is 5.75 Å². The number of para-hydroxylation sites is 1. The highest BCUT2D eigenvalue weighted by Gasteiger charge is 2.30. The molecule has 2 aromatic rings. The van der Waals surface area contributed by atoms with Crippen molar-refractivity contribution in [2.45, 2.75) is 19.4 Å². The van der Waals surface area contributed by atoms with E-state index in [4.69, 9.17) is 4.74 Å². The Morgan fingerprint density at radius 3 is 2.61 bits per heavy atom. The van der Waals surface area contributed by atoms with Crippen molar-refractivity contribution in [3.63, 3.8) is 0 Å². The Morgan fingerprint density at radius 2 is 1.87 bits per heavy atom. The lowest BCUT2D eigenvalue weighted by atomic mass is 10.1. The molecule has 3 rings (SSSR count). The molecule has 0 unspecified atom stereocenters. The predicted octanol–water partition coefficient (Wildman–Crippen LogP) is 2.53. The van der Waals surface area contributed by atoms with Gasteiger partial charge in [0.2, 0.25) is 0 Å². The number of phenolic OH excluding ortho intramolecular Hbond substituents is 1. The van der Waals surface area contributed by atoms with Gasteiger partial charge in [-0.1, -0.05) is 18.2 Å². The lowest BCUT2D eigenvalue weighted by molar-refractivity contribution is -0.122. The average Bonchev–Trinajstić information content (AvgIpc) is 2.88. The van der Waals surface area contributed by atoms with Gasteiger partial charge < -0.3 is 14.7 Å².